The molecule has 0 bridgehead atoms. The van der Waals surface area contributed by atoms with Crippen LogP contribution in [0.1, 0.15) is 13.8 Å². The molecule has 2 heteroatoms. The Kier molecular flexibility index (Phi) is 3.04. The third-order valence-corrected chi connectivity index (χ3v) is 1.29. The quantitative estimate of drug-likeness (QED) is 0.587. The van der Waals surface area contributed by atoms with Crippen LogP contribution in [0, 0.1) is 12.1 Å². The Balaban J connectivity index is 0.000000336. The average molecular weight is 158 g/mol. The molecule has 0 radical (unpaired) electrons. The molecule has 0 saturated carbocycles. The van der Waals surface area contributed by atoms with Gasteiger partial charge in [-0.05, 0) is 6.07 Å². The second kappa shape index (κ2) is 4.30. The number of rotatable bonds is 0. The molecule has 60 valence electrons. The van der Waals surface area contributed by atoms with E-state index in [2.05, 4.69) is 22.1 Å². The van der Waals surface area contributed by atoms with Crippen LogP contribution >= 0.6 is 0 Å². The van der Waals surface area contributed by atoms with Gasteiger partial charge >= 0.3 is 0 Å². The van der Waals surface area contributed by atoms with Crippen molar-refractivity contribution < 1.29 is 0 Å². The van der Waals surface area contributed by atoms with Gasteiger partial charge in [-0.3, -0.25) is 0 Å². The Hall–Kier alpha value is -1.62. The van der Waals surface area contributed by atoms with E-state index in [1.165, 1.54) is 6.33 Å². The summed E-state index contributed by atoms with van der Waals surface area (Å²) in [7, 11) is 0. The molecule has 2 nitrogen and oxygen atoms in total. The van der Waals surface area contributed by atoms with E-state index in [1.54, 1.807) is 12.3 Å². The van der Waals surface area contributed by atoms with Gasteiger partial charge in [0.05, 0.1) is 5.52 Å². The first kappa shape index (κ1) is 8.48. The molecule has 0 N–H and O–H groups in total. The van der Waals surface area contributed by atoms with Crippen LogP contribution in [0.3, 0.4) is 0 Å². The topological polar surface area (TPSA) is 25.8 Å². The molecule has 0 fully saturated rings. The third-order valence-electron chi connectivity index (χ3n) is 1.29. The Labute approximate surface area is 72.3 Å². The summed E-state index contributed by atoms with van der Waals surface area (Å²) in [6.07, 6.45) is 3.28. The van der Waals surface area contributed by atoms with E-state index in [0.29, 0.717) is 0 Å². The highest BCUT2D eigenvalue weighted by Gasteiger charge is 1.86. The van der Waals surface area contributed by atoms with Crippen molar-refractivity contribution in [2.24, 2.45) is 0 Å². The molecular formula is C10H10N2. The normalized spacial score (nSPS) is 8.17. The van der Waals surface area contributed by atoms with Crippen LogP contribution in [0.2, 0.25) is 0 Å². The van der Waals surface area contributed by atoms with Crippen LogP contribution in [0.4, 0.5) is 0 Å². The van der Waals surface area contributed by atoms with Crippen molar-refractivity contribution in [3.05, 3.63) is 36.8 Å². The van der Waals surface area contributed by atoms with Gasteiger partial charge in [-0.15, -0.1) is 0 Å². The number of aromatic nitrogens is 2. The highest BCUT2D eigenvalue weighted by molar-refractivity contribution is 5.75. The fourth-order valence-corrected chi connectivity index (χ4v) is 0.811. The summed E-state index contributed by atoms with van der Waals surface area (Å²) in [6.45, 7) is 4.00. The number of hydrogen-bond acceptors (Lipinski definition) is 2. The van der Waals surface area contributed by atoms with Crippen molar-refractivity contribution in [2.75, 3.05) is 0 Å². The van der Waals surface area contributed by atoms with Crippen LogP contribution in [-0.2, 0) is 0 Å². The molecule has 2 rings (SSSR count). The van der Waals surface area contributed by atoms with Gasteiger partial charge in [-0.25, -0.2) is 9.97 Å². The number of fused-ring (bicyclic) bond motifs is 1. The molecule has 1 heterocycles. The molecule has 0 aliphatic rings. The van der Waals surface area contributed by atoms with Crippen LogP contribution in [0.5, 0.6) is 0 Å². The molecule has 0 amide bonds. The average Bonchev–Trinajstić information content (AvgIpc) is 2.21. The van der Waals surface area contributed by atoms with Crippen LogP contribution < -0.4 is 0 Å². The number of hydrogen-bond donors (Lipinski definition) is 0. The zero-order chi connectivity index (χ0) is 8.81. The monoisotopic (exact) mass is 158 g/mol. The lowest BCUT2D eigenvalue weighted by atomic mass is 10.3. The van der Waals surface area contributed by atoms with Crippen LogP contribution in [0.15, 0.2) is 24.7 Å². The minimum Gasteiger partial charge on any atom is -0.244 e. The van der Waals surface area contributed by atoms with E-state index < -0.39 is 0 Å². The Bertz CT molecular complexity index is 279. The first-order valence-corrected chi connectivity index (χ1v) is 3.94. The summed E-state index contributed by atoms with van der Waals surface area (Å²) in [5, 5.41) is 1.00. The fourth-order valence-electron chi connectivity index (χ4n) is 0.811. The molecule has 0 spiro atoms. The third kappa shape index (κ3) is 1.70. The van der Waals surface area contributed by atoms with Crippen LogP contribution in [0.25, 0.3) is 10.9 Å². The molecular weight excluding hydrogens is 148 g/mol. The Morgan fingerprint density at radius 3 is 2.67 bits per heavy atom. The van der Waals surface area contributed by atoms with Gasteiger partial charge in [0.2, 0.25) is 0 Å². The zero-order valence-corrected chi connectivity index (χ0v) is 7.20. The summed E-state index contributed by atoms with van der Waals surface area (Å²) in [5.41, 5.74) is 0.911. The van der Waals surface area contributed by atoms with E-state index in [1.807, 2.05) is 19.9 Å². The largest absolute Gasteiger partial charge is 0.244 e. The van der Waals surface area contributed by atoms with Crippen molar-refractivity contribution in [3.8, 4) is 0 Å². The van der Waals surface area contributed by atoms with Gasteiger partial charge in [0.25, 0.3) is 0 Å². The summed E-state index contributed by atoms with van der Waals surface area (Å²) in [4.78, 5) is 7.89. The van der Waals surface area contributed by atoms with E-state index in [9.17, 15) is 0 Å². The lowest BCUT2D eigenvalue weighted by Crippen LogP contribution is -1.76. The predicted molar refractivity (Wildman–Crippen MR) is 48.6 cm³/mol. The standard InChI is InChI=1S/C8H4N2.C2H6/c1-2-4-8-7(3-1)5-9-6-10-8;1-2/h3-6H;1-2H3. The molecule has 2 aromatic rings. The van der Waals surface area contributed by atoms with Gasteiger partial charge in [-0.2, -0.15) is 0 Å². The SMILES string of the molecule is CC.c1cc2cncnc2cc#1. The maximum Gasteiger partial charge on any atom is 0.116 e. The highest BCUT2D eigenvalue weighted by Crippen LogP contribution is 2.03. The molecule has 12 heavy (non-hydrogen) atoms. The molecule has 0 aliphatic heterocycles. The van der Waals surface area contributed by atoms with Crippen LogP contribution in [-0.4, -0.2) is 9.97 Å². The van der Waals surface area contributed by atoms with E-state index in [0.717, 1.165) is 10.9 Å². The van der Waals surface area contributed by atoms with Gasteiger partial charge in [0.15, 0.2) is 0 Å². The molecule has 1 aromatic heterocycles. The second-order valence-corrected chi connectivity index (χ2v) is 1.94. The van der Waals surface area contributed by atoms with Gasteiger partial charge in [0.1, 0.15) is 6.33 Å². The highest BCUT2D eigenvalue weighted by atomic mass is 14.8. The van der Waals surface area contributed by atoms with E-state index in [4.69, 9.17) is 0 Å². The molecule has 1 aromatic carbocycles. The lowest BCUT2D eigenvalue weighted by Gasteiger charge is -1.87. The van der Waals surface area contributed by atoms with Crippen molar-refractivity contribution in [3.63, 3.8) is 0 Å². The minimum absolute atomic E-state index is 0.911. The first-order chi connectivity index (χ1) is 5.97. The van der Waals surface area contributed by atoms with Gasteiger partial charge < -0.3 is 0 Å². The maximum atomic E-state index is 4.02. The van der Waals surface area contributed by atoms with Gasteiger partial charge in [0, 0.05) is 17.6 Å². The summed E-state index contributed by atoms with van der Waals surface area (Å²) >= 11 is 0. The molecule has 0 aliphatic carbocycles. The zero-order valence-electron chi connectivity index (χ0n) is 7.20. The lowest BCUT2D eigenvalue weighted by molar-refractivity contribution is 1.22. The van der Waals surface area contributed by atoms with Crippen molar-refractivity contribution >= 4 is 10.9 Å². The summed E-state index contributed by atoms with van der Waals surface area (Å²) < 4.78 is 0. The molecule has 0 unspecified atom stereocenters. The number of nitrogens with zero attached hydrogens (tertiary/aromatic N) is 2. The van der Waals surface area contributed by atoms with Gasteiger partial charge in [-0.1, -0.05) is 26.0 Å². The van der Waals surface area contributed by atoms with Crippen molar-refractivity contribution in [1.29, 1.82) is 0 Å². The smallest absolute Gasteiger partial charge is 0.116 e. The van der Waals surface area contributed by atoms with E-state index >= 15 is 0 Å². The van der Waals surface area contributed by atoms with Crippen molar-refractivity contribution in [2.45, 2.75) is 13.8 Å². The minimum atomic E-state index is 0.911. The summed E-state index contributed by atoms with van der Waals surface area (Å²) in [6, 6.07) is 9.25. The summed E-state index contributed by atoms with van der Waals surface area (Å²) in [5.74, 6) is 0. The Morgan fingerprint density at radius 1 is 1.17 bits per heavy atom. The fraction of sp³-hybridized carbons (Fsp3) is 0.200. The van der Waals surface area contributed by atoms with Crippen molar-refractivity contribution in [1.82, 2.24) is 9.97 Å². The van der Waals surface area contributed by atoms with E-state index in [-0.39, 0.29) is 0 Å². The molecule has 0 atom stereocenters. The second-order valence-electron chi connectivity index (χ2n) is 1.94. The first-order valence-electron chi connectivity index (χ1n) is 3.94. The maximum absolute atomic E-state index is 4.02. The Morgan fingerprint density at radius 2 is 1.92 bits per heavy atom. The predicted octanol–water partition coefficient (Wildman–Crippen LogP) is 2.26. The molecule has 0 saturated heterocycles.